The molecule has 0 aliphatic heterocycles. The van der Waals surface area contributed by atoms with Crippen molar-refractivity contribution in [3.8, 4) is 0 Å². The van der Waals surface area contributed by atoms with Gasteiger partial charge in [0.25, 0.3) is 0 Å². The van der Waals surface area contributed by atoms with E-state index in [0.29, 0.717) is 0 Å². The number of carbonyl (C=O) groups is 1. The predicted molar refractivity (Wildman–Crippen MR) is 66.1 cm³/mol. The number of carbonyl (C=O) groups excluding carboxylic acids is 1. The van der Waals surface area contributed by atoms with Gasteiger partial charge < -0.3 is 10.6 Å². The van der Waals surface area contributed by atoms with Gasteiger partial charge in [-0.3, -0.25) is 4.79 Å². The highest BCUT2D eigenvalue weighted by Gasteiger charge is 2.25. The summed E-state index contributed by atoms with van der Waals surface area (Å²) in [4.78, 5) is 17.9. The standard InChI is InChI=1S/C11H19N3OS/c1-7(2)9(12)11(15)14(4)8(3)10-13-5-6-16-10/h5-9H,12H2,1-4H3/t8?,9-/m0/s1. The summed E-state index contributed by atoms with van der Waals surface area (Å²) in [7, 11) is 1.77. The summed E-state index contributed by atoms with van der Waals surface area (Å²) < 4.78 is 0. The Kier molecular flexibility index (Phi) is 4.44. The number of hydrogen-bond donors (Lipinski definition) is 1. The van der Waals surface area contributed by atoms with Crippen molar-refractivity contribution >= 4 is 17.2 Å². The Morgan fingerprint density at radius 2 is 2.12 bits per heavy atom. The zero-order valence-electron chi connectivity index (χ0n) is 10.2. The molecule has 4 nitrogen and oxygen atoms in total. The van der Waals surface area contributed by atoms with Crippen molar-refractivity contribution in [3.05, 3.63) is 16.6 Å². The summed E-state index contributed by atoms with van der Waals surface area (Å²) in [5.41, 5.74) is 5.84. The maximum absolute atomic E-state index is 12.0. The van der Waals surface area contributed by atoms with Crippen LogP contribution in [0.1, 0.15) is 31.8 Å². The van der Waals surface area contributed by atoms with Gasteiger partial charge in [0.05, 0.1) is 12.1 Å². The van der Waals surface area contributed by atoms with Crippen LogP contribution in [-0.2, 0) is 4.79 Å². The molecule has 0 aromatic carbocycles. The van der Waals surface area contributed by atoms with Crippen LogP contribution in [0.3, 0.4) is 0 Å². The highest BCUT2D eigenvalue weighted by molar-refractivity contribution is 7.09. The van der Waals surface area contributed by atoms with Crippen molar-refractivity contribution in [1.29, 1.82) is 0 Å². The Morgan fingerprint density at radius 1 is 1.50 bits per heavy atom. The summed E-state index contributed by atoms with van der Waals surface area (Å²) in [5.74, 6) is 0.121. The number of likely N-dealkylation sites (N-methyl/N-ethyl adjacent to an activating group) is 1. The minimum absolute atomic E-state index is 0.0164. The summed E-state index contributed by atoms with van der Waals surface area (Å²) in [6.45, 7) is 5.86. The fraction of sp³-hybridized carbons (Fsp3) is 0.636. The second-order valence-electron chi connectivity index (χ2n) is 4.27. The SMILES string of the molecule is CC(C)[C@H](N)C(=O)N(C)C(C)c1nccs1. The molecule has 1 rings (SSSR count). The lowest BCUT2D eigenvalue weighted by atomic mass is 10.0. The second kappa shape index (κ2) is 5.41. The van der Waals surface area contributed by atoms with Crippen molar-refractivity contribution in [2.45, 2.75) is 32.9 Å². The first-order valence-corrected chi connectivity index (χ1v) is 6.24. The van der Waals surface area contributed by atoms with Crippen LogP contribution in [0.5, 0.6) is 0 Å². The molecule has 1 unspecified atom stereocenters. The zero-order valence-corrected chi connectivity index (χ0v) is 11.0. The number of thiazole rings is 1. The minimum Gasteiger partial charge on any atom is -0.335 e. The van der Waals surface area contributed by atoms with Crippen molar-refractivity contribution in [2.24, 2.45) is 11.7 Å². The second-order valence-corrected chi connectivity index (χ2v) is 5.19. The molecule has 0 spiro atoms. The molecule has 0 bridgehead atoms. The average Bonchev–Trinajstić information content (AvgIpc) is 2.78. The third kappa shape index (κ3) is 2.80. The van der Waals surface area contributed by atoms with Crippen molar-refractivity contribution in [1.82, 2.24) is 9.88 Å². The zero-order chi connectivity index (χ0) is 12.3. The lowest BCUT2D eigenvalue weighted by molar-refractivity contribution is -0.134. The van der Waals surface area contributed by atoms with Crippen LogP contribution in [-0.4, -0.2) is 28.9 Å². The van der Waals surface area contributed by atoms with Gasteiger partial charge in [0.1, 0.15) is 5.01 Å². The summed E-state index contributed by atoms with van der Waals surface area (Å²) in [6, 6.07) is -0.454. The molecule has 1 aromatic rings. The summed E-state index contributed by atoms with van der Waals surface area (Å²) in [5, 5.41) is 2.85. The van der Waals surface area contributed by atoms with Gasteiger partial charge in [0.2, 0.25) is 5.91 Å². The van der Waals surface area contributed by atoms with E-state index < -0.39 is 6.04 Å². The van der Waals surface area contributed by atoms with Crippen molar-refractivity contribution in [2.75, 3.05) is 7.05 Å². The molecule has 0 radical (unpaired) electrons. The van der Waals surface area contributed by atoms with E-state index in [1.54, 1.807) is 29.5 Å². The van der Waals surface area contributed by atoms with Gasteiger partial charge in [-0.25, -0.2) is 4.98 Å². The van der Waals surface area contributed by atoms with Crippen LogP contribution in [0.4, 0.5) is 0 Å². The molecular formula is C11H19N3OS. The van der Waals surface area contributed by atoms with Crippen LogP contribution in [0.25, 0.3) is 0 Å². The molecule has 0 aliphatic carbocycles. The monoisotopic (exact) mass is 241 g/mol. The Labute approximate surface area is 100 Å². The van der Waals surface area contributed by atoms with E-state index in [1.165, 1.54) is 0 Å². The molecule has 90 valence electrons. The molecule has 5 heteroatoms. The van der Waals surface area contributed by atoms with Gasteiger partial charge in [0, 0.05) is 18.6 Å². The van der Waals surface area contributed by atoms with Crippen LogP contribution >= 0.6 is 11.3 Å². The molecule has 1 aromatic heterocycles. The maximum Gasteiger partial charge on any atom is 0.240 e. The van der Waals surface area contributed by atoms with Gasteiger partial charge in [-0.05, 0) is 12.8 Å². The van der Waals surface area contributed by atoms with E-state index in [-0.39, 0.29) is 17.9 Å². The van der Waals surface area contributed by atoms with E-state index >= 15 is 0 Å². The lowest BCUT2D eigenvalue weighted by Crippen LogP contribution is -2.45. The first-order chi connectivity index (χ1) is 7.45. The summed E-state index contributed by atoms with van der Waals surface area (Å²) in [6.07, 6.45) is 1.75. The highest BCUT2D eigenvalue weighted by Crippen LogP contribution is 2.21. The molecular weight excluding hydrogens is 222 g/mol. The van der Waals surface area contributed by atoms with E-state index in [2.05, 4.69) is 4.98 Å². The average molecular weight is 241 g/mol. The van der Waals surface area contributed by atoms with E-state index in [1.807, 2.05) is 26.2 Å². The van der Waals surface area contributed by atoms with E-state index in [9.17, 15) is 4.79 Å². The van der Waals surface area contributed by atoms with Gasteiger partial charge in [-0.1, -0.05) is 13.8 Å². The number of hydrogen-bond acceptors (Lipinski definition) is 4. The topological polar surface area (TPSA) is 59.2 Å². The normalized spacial score (nSPS) is 14.9. The smallest absolute Gasteiger partial charge is 0.240 e. The molecule has 16 heavy (non-hydrogen) atoms. The van der Waals surface area contributed by atoms with Crippen LogP contribution in [0.15, 0.2) is 11.6 Å². The van der Waals surface area contributed by atoms with E-state index in [4.69, 9.17) is 5.73 Å². The number of nitrogens with two attached hydrogens (primary N) is 1. The Bertz CT molecular complexity index is 337. The molecule has 2 atom stereocenters. The first kappa shape index (κ1) is 13.1. The van der Waals surface area contributed by atoms with Crippen LogP contribution in [0, 0.1) is 5.92 Å². The maximum atomic E-state index is 12.0. The molecule has 0 saturated heterocycles. The fourth-order valence-electron chi connectivity index (χ4n) is 1.32. The Hall–Kier alpha value is -0.940. The fourth-order valence-corrected chi connectivity index (χ4v) is 2.06. The predicted octanol–water partition coefficient (Wildman–Crippen LogP) is 1.65. The van der Waals surface area contributed by atoms with Gasteiger partial charge in [-0.2, -0.15) is 0 Å². The van der Waals surface area contributed by atoms with Crippen LogP contribution in [0.2, 0.25) is 0 Å². The first-order valence-electron chi connectivity index (χ1n) is 5.36. The highest BCUT2D eigenvalue weighted by atomic mass is 32.1. The lowest BCUT2D eigenvalue weighted by Gasteiger charge is -2.27. The molecule has 2 N–H and O–H groups in total. The number of rotatable bonds is 4. The molecule has 0 fully saturated rings. The quantitative estimate of drug-likeness (QED) is 0.872. The van der Waals surface area contributed by atoms with Gasteiger partial charge in [0.15, 0.2) is 0 Å². The Balaban J connectivity index is 2.71. The molecule has 1 heterocycles. The number of amides is 1. The molecule has 0 aliphatic rings. The van der Waals surface area contributed by atoms with Crippen molar-refractivity contribution < 1.29 is 4.79 Å². The third-order valence-electron chi connectivity index (χ3n) is 2.74. The van der Waals surface area contributed by atoms with Crippen LogP contribution < -0.4 is 5.73 Å². The minimum atomic E-state index is -0.438. The largest absolute Gasteiger partial charge is 0.335 e. The molecule has 1 amide bonds. The summed E-state index contributed by atoms with van der Waals surface area (Å²) >= 11 is 1.55. The number of nitrogens with zero attached hydrogens (tertiary/aromatic N) is 2. The van der Waals surface area contributed by atoms with E-state index in [0.717, 1.165) is 5.01 Å². The third-order valence-corrected chi connectivity index (χ3v) is 3.69. The van der Waals surface area contributed by atoms with Gasteiger partial charge in [-0.15, -0.1) is 11.3 Å². The molecule has 0 saturated carbocycles. The van der Waals surface area contributed by atoms with Gasteiger partial charge >= 0.3 is 0 Å². The Morgan fingerprint density at radius 3 is 2.56 bits per heavy atom. The number of aromatic nitrogens is 1. The van der Waals surface area contributed by atoms with Crippen molar-refractivity contribution in [3.63, 3.8) is 0 Å².